The summed E-state index contributed by atoms with van der Waals surface area (Å²) in [6.45, 7) is 8.73. The fourth-order valence-electron chi connectivity index (χ4n) is 1.54. The third-order valence-corrected chi connectivity index (χ3v) is 2.34. The molecule has 0 aromatic heterocycles. The Kier molecular flexibility index (Phi) is 4.13. The number of nitrogens with one attached hydrogen (secondary N) is 1. The fraction of sp³-hybridized carbons (Fsp3) is 0.800. The number of hydrogen-bond donors (Lipinski definition) is 1. The predicted molar refractivity (Wildman–Crippen MR) is 52.0 cm³/mol. The molecule has 0 aromatic rings. The van der Waals surface area contributed by atoms with Gasteiger partial charge in [0.2, 0.25) is 0 Å². The van der Waals surface area contributed by atoms with Gasteiger partial charge in [0, 0.05) is 38.6 Å². The van der Waals surface area contributed by atoms with Crippen molar-refractivity contribution in [3.8, 4) is 11.8 Å². The molecule has 0 saturated carbocycles. The van der Waals surface area contributed by atoms with E-state index in [1.54, 1.807) is 0 Å². The molecule has 0 bridgehead atoms. The summed E-state index contributed by atoms with van der Waals surface area (Å²) in [5.74, 6) is 6.03. The van der Waals surface area contributed by atoms with Crippen LogP contribution in [0.1, 0.15) is 20.3 Å². The third-order valence-electron chi connectivity index (χ3n) is 2.34. The van der Waals surface area contributed by atoms with Crippen LogP contribution in [0.2, 0.25) is 0 Å². The summed E-state index contributed by atoms with van der Waals surface area (Å²) < 4.78 is 0. The first kappa shape index (κ1) is 9.57. The maximum absolute atomic E-state index is 3.38. The van der Waals surface area contributed by atoms with Gasteiger partial charge in [-0.15, -0.1) is 11.8 Å². The van der Waals surface area contributed by atoms with Crippen molar-refractivity contribution in [3.05, 3.63) is 0 Å². The van der Waals surface area contributed by atoms with Gasteiger partial charge < -0.3 is 5.32 Å². The van der Waals surface area contributed by atoms with Gasteiger partial charge in [-0.1, -0.05) is 0 Å². The minimum atomic E-state index is 0.678. The Morgan fingerprint density at radius 1 is 1.58 bits per heavy atom. The largest absolute Gasteiger partial charge is 0.314 e. The predicted octanol–water partition coefficient (Wildman–Crippen LogP) is 0.694. The van der Waals surface area contributed by atoms with Crippen LogP contribution >= 0.6 is 0 Å². The molecule has 1 heterocycles. The monoisotopic (exact) mass is 166 g/mol. The molecule has 0 aromatic carbocycles. The van der Waals surface area contributed by atoms with Crippen LogP contribution in [0.4, 0.5) is 0 Å². The topological polar surface area (TPSA) is 15.3 Å². The van der Waals surface area contributed by atoms with Gasteiger partial charge in [0.1, 0.15) is 0 Å². The molecule has 1 aliphatic rings. The van der Waals surface area contributed by atoms with E-state index in [2.05, 4.69) is 29.0 Å². The molecule has 1 N–H and O–H groups in total. The van der Waals surface area contributed by atoms with Crippen LogP contribution in [0.25, 0.3) is 0 Å². The molecule has 1 saturated heterocycles. The number of piperazine rings is 1. The standard InChI is InChI=1S/C10H18N2/c1-3-4-5-7-12-8-6-11-9-10(12)2/h10-11H,5-9H2,1-2H3/t10-/m0/s1. The molecular formula is C10H18N2. The quantitative estimate of drug-likeness (QED) is 0.607. The first-order valence-corrected chi connectivity index (χ1v) is 4.69. The van der Waals surface area contributed by atoms with Crippen LogP contribution < -0.4 is 5.32 Å². The second kappa shape index (κ2) is 5.18. The second-order valence-corrected chi connectivity index (χ2v) is 3.27. The smallest absolute Gasteiger partial charge is 0.0217 e. The first-order chi connectivity index (χ1) is 5.84. The number of nitrogens with zero attached hydrogens (tertiary/aromatic N) is 1. The lowest BCUT2D eigenvalue weighted by Gasteiger charge is -2.33. The molecule has 1 atom stereocenters. The van der Waals surface area contributed by atoms with Crippen molar-refractivity contribution in [2.75, 3.05) is 26.2 Å². The summed E-state index contributed by atoms with van der Waals surface area (Å²) in [6, 6.07) is 0.678. The average Bonchev–Trinajstić information content (AvgIpc) is 2.09. The molecule has 1 fully saturated rings. The minimum Gasteiger partial charge on any atom is -0.314 e. The van der Waals surface area contributed by atoms with Crippen LogP contribution in [-0.2, 0) is 0 Å². The normalized spacial score (nSPS) is 24.7. The average molecular weight is 166 g/mol. The Morgan fingerprint density at radius 3 is 3.08 bits per heavy atom. The summed E-state index contributed by atoms with van der Waals surface area (Å²) in [5.41, 5.74) is 0. The Balaban J connectivity index is 2.23. The Labute approximate surface area is 75.3 Å². The highest BCUT2D eigenvalue weighted by atomic mass is 15.2. The summed E-state index contributed by atoms with van der Waals surface area (Å²) in [6.07, 6.45) is 1.01. The van der Waals surface area contributed by atoms with Gasteiger partial charge in [0.25, 0.3) is 0 Å². The van der Waals surface area contributed by atoms with Crippen molar-refractivity contribution in [1.82, 2.24) is 10.2 Å². The van der Waals surface area contributed by atoms with E-state index in [-0.39, 0.29) is 0 Å². The van der Waals surface area contributed by atoms with Crippen molar-refractivity contribution in [1.29, 1.82) is 0 Å². The van der Waals surface area contributed by atoms with E-state index >= 15 is 0 Å². The summed E-state index contributed by atoms with van der Waals surface area (Å²) in [5, 5.41) is 3.38. The highest BCUT2D eigenvalue weighted by Crippen LogP contribution is 2.02. The van der Waals surface area contributed by atoms with E-state index in [0.29, 0.717) is 6.04 Å². The van der Waals surface area contributed by atoms with E-state index in [9.17, 15) is 0 Å². The van der Waals surface area contributed by atoms with E-state index in [0.717, 1.165) is 26.1 Å². The van der Waals surface area contributed by atoms with Crippen LogP contribution in [-0.4, -0.2) is 37.1 Å². The molecule has 0 aliphatic carbocycles. The lowest BCUT2D eigenvalue weighted by molar-refractivity contribution is 0.178. The zero-order valence-corrected chi connectivity index (χ0v) is 8.06. The molecule has 2 heteroatoms. The van der Waals surface area contributed by atoms with Gasteiger partial charge in [-0.25, -0.2) is 0 Å². The van der Waals surface area contributed by atoms with Crippen LogP contribution in [0.15, 0.2) is 0 Å². The summed E-state index contributed by atoms with van der Waals surface area (Å²) >= 11 is 0. The lowest BCUT2D eigenvalue weighted by Crippen LogP contribution is -2.49. The van der Waals surface area contributed by atoms with Gasteiger partial charge in [-0.2, -0.15) is 0 Å². The number of hydrogen-bond acceptors (Lipinski definition) is 2. The first-order valence-electron chi connectivity index (χ1n) is 4.69. The molecule has 1 rings (SSSR count). The van der Waals surface area contributed by atoms with Crippen molar-refractivity contribution >= 4 is 0 Å². The Hall–Kier alpha value is -0.520. The number of rotatable bonds is 2. The highest BCUT2D eigenvalue weighted by Gasteiger charge is 2.15. The van der Waals surface area contributed by atoms with Gasteiger partial charge >= 0.3 is 0 Å². The molecule has 68 valence electrons. The Bertz CT molecular complexity index is 178. The molecule has 1 aliphatic heterocycles. The van der Waals surface area contributed by atoms with Gasteiger partial charge in [-0.05, 0) is 13.8 Å². The zero-order chi connectivity index (χ0) is 8.81. The maximum Gasteiger partial charge on any atom is 0.0217 e. The minimum absolute atomic E-state index is 0.678. The third kappa shape index (κ3) is 2.84. The molecule has 2 nitrogen and oxygen atoms in total. The zero-order valence-electron chi connectivity index (χ0n) is 8.06. The second-order valence-electron chi connectivity index (χ2n) is 3.27. The van der Waals surface area contributed by atoms with E-state index in [1.807, 2.05) is 6.92 Å². The Morgan fingerprint density at radius 2 is 2.42 bits per heavy atom. The van der Waals surface area contributed by atoms with Crippen LogP contribution in [0.3, 0.4) is 0 Å². The van der Waals surface area contributed by atoms with E-state index in [1.165, 1.54) is 6.54 Å². The van der Waals surface area contributed by atoms with E-state index < -0.39 is 0 Å². The highest BCUT2D eigenvalue weighted by molar-refractivity contribution is 4.95. The summed E-state index contributed by atoms with van der Waals surface area (Å²) in [4.78, 5) is 2.50. The van der Waals surface area contributed by atoms with Crippen molar-refractivity contribution in [2.24, 2.45) is 0 Å². The molecule has 0 spiro atoms. The molecular weight excluding hydrogens is 148 g/mol. The van der Waals surface area contributed by atoms with Crippen molar-refractivity contribution in [3.63, 3.8) is 0 Å². The molecule has 0 unspecified atom stereocenters. The van der Waals surface area contributed by atoms with E-state index in [4.69, 9.17) is 0 Å². The molecule has 0 amide bonds. The summed E-state index contributed by atoms with van der Waals surface area (Å²) in [7, 11) is 0. The van der Waals surface area contributed by atoms with Gasteiger partial charge in [0.05, 0.1) is 0 Å². The molecule has 12 heavy (non-hydrogen) atoms. The SMILES string of the molecule is CC#CCCN1CCNC[C@@H]1C. The van der Waals surface area contributed by atoms with Gasteiger partial charge in [-0.3, -0.25) is 4.90 Å². The van der Waals surface area contributed by atoms with Crippen LogP contribution in [0, 0.1) is 11.8 Å². The van der Waals surface area contributed by atoms with Crippen molar-refractivity contribution < 1.29 is 0 Å². The lowest BCUT2D eigenvalue weighted by atomic mass is 10.2. The molecule has 0 radical (unpaired) electrons. The van der Waals surface area contributed by atoms with Crippen LogP contribution in [0.5, 0.6) is 0 Å². The maximum atomic E-state index is 3.38. The van der Waals surface area contributed by atoms with Gasteiger partial charge in [0.15, 0.2) is 0 Å². The van der Waals surface area contributed by atoms with Crippen molar-refractivity contribution in [2.45, 2.75) is 26.3 Å². The fourth-order valence-corrected chi connectivity index (χ4v) is 1.54.